The average Bonchev–Trinajstić information content (AvgIpc) is 3.56. The lowest BCUT2D eigenvalue weighted by molar-refractivity contribution is -0.142. The van der Waals surface area contributed by atoms with Gasteiger partial charge in [-0.3, -0.25) is 19.3 Å². The van der Waals surface area contributed by atoms with Gasteiger partial charge in [0.05, 0.1) is 31.1 Å². The van der Waals surface area contributed by atoms with E-state index < -0.39 is 17.8 Å². The Balaban J connectivity index is 1.29. The van der Waals surface area contributed by atoms with Gasteiger partial charge in [0.2, 0.25) is 0 Å². The molecule has 6 rings (SSSR count). The fourth-order valence-corrected chi connectivity index (χ4v) is 5.71. The van der Waals surface area contributed by atoms with Gasteiger partial charge in [0.25, 0.3) is 11.8 Å². The molecule has 1 aromatic heterocycles. The van der Waals surface area contributed by atoms with E-state index in [-0.39, 0.29) is 43.1 Å². The zero-order valence-corrected chi connectivity index (χ0v) is 27.7. The zero-order chi connectivity index (χ0) is 35.0. The molecule has 5 aromatic rings. The first-order valence-corrected chi connectivity index (χ1v) is 16.1. The number of esters is 1. The number of imide groups is 1. The summed E-state index contributed by atoms with van der Waals surface area (Å²) in [6.45, 7) is 3.38. The van der Waals surface area contributed by atoms with E-state index in [0.717, 1.165) is 32.5 Å². The number of hydrogen-bond donors (Lipinski definition) is 0. The van der Waals surface area contributed by atoms with Gasteiger partial charge in [0, 0.05) is 29.8 Å². The molecule has 50 heavy (non-hydrogen) atoms. The molecule has 2 heterocycles. The van der Waals surface area contributed by atoms with Crippen molar-refractivity contribution in [2.75, 3.05) is 26.4 Å². The molecule has 1 aliphatic rings. The van der Waals surface area contributed by atoms with Crippen molar-refractivity contribution in [3.05, 3.63) is 131 Å². The lowest BCUT2D eigenvalue weighted by Crippen LogP contribution is -2.44. The van der Waals surface area contributed by atoms with E-state index in [4.69, 9.17) is 19.3 Å². The van der Waals surface area contributed by atoms with Crippen LogP contribution in [0.15, 0.2) is 120 Å². The number of rotatable bonds is 12. The molecule has 0 spiro atoms. The quantitative estimate of drug-likeness (QED) is 0.0645. The van der Waals surface area contributed by atoms with Crippen LogP contribution in [0.25, 0.3) is 33.8 Å². The van der Waals surface area contributed by atoms with Crippen LogP contribution < -0.4 is 4.74 Å². The van der Waals surface area contributed by atoms with Crippen LogP contribution in [0.4, 0.5) is 0 Å². The van der Waals surface area contributed by atoms with Crippen LogP contribution in [0, 0.1) is 11.3 Å². The molecule has 250 valence electrons. The summed E-state index contributed by atoms with van der Waals surface area (Å²) < 4.78 is 18.2. The Morgan fingerprint density at radius 3 is 2.38 bits per heavy atom. The number of nitriles is 1. The number of ether oxygens (including phenoxy) is 3. The number of para-hydroxylation sites is 1. The minimum Gasteiger partial charge on any atom is -0.489 e. The highest BCUT2D eigenvalue weighted by Gasteiger charge is 2.35. The molecule has 10 nitrogen and oxygen atoms in total. The van der Waals surface area contributed by atoms with Gasteiger partial charge in [-0.25, -0.2) is 4.68 Å². The third kappa shape index (κ3) is 7.38. The molecule has 0 saturated carbocycles. The molecular weight excluding hydrogens is 632 g/mol. The van der Waals surface area contributed by atoms with Crippen LogP contribution in [0.2, 0.25) is 0 Å². The van der Waals surface area contributed by atoms with Gasteiger partial charge < -0.3 is 14.2 Å². The summed E-state index contributed by atoms with van der Waals surface area (Å²) in [6.07, 6.45) is 3.48. The van der Waals surface area contributed by atoms with Crippen molar-refractivity contribution in [1.29, 1.82) is 5.26 Å². The normalized spacial score (nSPS) is 13.9. The van der Waals surface area contributed by atoms with Crippen molar-refractivity contribution in [2.24, 2.45) is 0 Å². The first-order valence-electron chi connectivity index (χ1n) is 16.1. The molecule has 1 aliphatic heterocycles. The average molecular weight is 667 g/mol. The monoisotopic (exact) mass is 666 g/mol. The first kappa shape index (κ1) is 33.6. The van der Waals surface area contributed by atoms with Crippen molar-refractivity contribution >= 4 is 34.6 Å². The SMILES string of the molecule is CC(=O)OCCOCCN1C(=O)C(C#N)=C(C)/C(=C\c2cn(-c3ccccc3)nc2-c2ccc(OCc3cccc4ccccc34)cc2)C1=O. The maximum absolute atomic E-state index is 13.8. The zero-order valence-electron chi connectivity index (χ0n) is 27.7. The van der Waals surface area contributed by atoms with Crippen molar-refractivity contribution in [3.63, 3.8) is 0 Å². The molecule has 0 saturated heterocycles. The minimum absolute atomic E-state index is 0.00981. The maximum atomic E-state index is 13.8. The second-order valence-corrected chi connectivity index (χ2v) is 11.5. The first-order chi connectivity index (χ1) is 24.3. The number of aromatic nitrogens is 2. The number of hydrogen-bond acceptors (Lipinski definition) is 8. The van der Waals surface area contributed by atoms with E-state index in [9.17, 15) is 19.6 Å². The van der Waals surface area contributed by atoms with E-state index in [1.165, 1.54) is 6.92 Å². The molecule has 0 atom stereocenters. The van der Waals surface area contributed by atoms with Gasteiger partial charge in [0.1, 0.15) is 30.6 Å². The summed E-state index contributed by atoms with van der Waals surface area (Å²) in [7, 11) is 0. The fourth-order valence-electron chi connectivity index (χ4n) is 5.71. The third-order valence-electron chi connectivity index (χ3n) is 8.28. The van der Waals surface area contributed by atoms with Gasteiger partial charge in [-0.2, -0.15) is 10.4 Å². The van der Waals surface area contributed by atoms with Gasteiger partial charge in [-0.1, -0.05) is 60.7 Å². The Morgan fingerprint density at radius 2 is 1.62 bits per heavy atom. The Hall–Kier alpha value is -6.31. The van der Waals surface area contributed by atoms with Crippen LogP contribution in [0.3, 0.4) is 0 Å². The van der Waals surface area contributed by atoms with Crippen LogP contribution in [0.1, 0.15) is 25.0 Å². The van der Waals surface area contributed by atoms with Crippen LogP contribution in [-0.4, -0.2) is 58.8 Å². The van der Waals surface area contributed by atoms with E-state index in [2.05, 4.69) is 24.3 Å². The van der Waals surface area contributed by atoms with Crippen LogP contribution >= 0.6 is 0 Å². The van der Waals surface area contributed by atoms with Crippen molar-refractivity contribution in [1.82, 2.24) is 14.7 Å². The Labute approximate surface area is 289 Å². The largest absolute Gasteiger partial charge is 0.489 e. The number of amides is 2. The second-order valence-electron chi connectivity index (χ2n) is 11.5. The van der Waals surface area contributed by atoms with E-state index in [1.807, 2.05) is 85.1 Å². The van der Waals surface area contributed by atoms with Gasteiger partial charge in [-0.05, 0) is 71.3 Å². The lowest BCUT2D eigenvalue weighted by atomic mass is 9.93. The number of carbonyl (C=O) groups is 3. The Bertz CT molecular complexity index is 2150. The molecule has 0 bridgehead atoms. The Morgan fingerprint density at radius 1 is 0.880 bits per heavy atom. The van der Waals surface area contributed by atoms with Crippen LogP contribution in [-0.2, 0) is 30.5 Å². The number of benzene rings is 4. The predicted octanol–water partition coefficient (Wildman–Crippen LogP) is 6.44. The number of nitrogens with zero attached hydrogens (tertiary/aromatic N) is 4. The van der Waals surface area contributed by atoms with Crippen molar-refractivity contribution in [2.45, 2.75) is 20.5 Å². The third-order valence-corrected chi connectivity index (χ3v) is 8.28. The molecule has 0 unspecified atom stereocenters. The summed E-state index contributed by atoms with van der Waals surface area (Å²) in [6, 6.07) is 33.5. The highest BCUT2D eigenvalue weighted by atomic mass is 16.6. The summed E-state index contributed by atoms with van der Waals surface area (Å²) in [5.41, 5.74) is 4.25. The minimum atomic E-state index is -0.685. The molecule has 4 aromatic carbocycles. The fraction of sp³-hybridized carbons (Fsp3) is 0.175. The highest BCUT2D eigenvalue weighted by molar-refractivity contribution is 6.19. The summed E-state index contributed by atoms with van der Waals surface area (Å²) in [5.74, 6) is -0.978. The number of fused-ring (bicyclic) bond motifs is 1. The second kappa shape index (κ2) is 15.3. The standard InChI is InChI=1S/C40H34N4O6/c1-27-36(39(46)43(40(47)37(27)24-41)19-20-48-21-22-49-28(2)45)23-32-25-44(33-12-4-3-5-13-33)42-38(32)30-15-17-34(18-16-30)50-26-31-11-8-10-29-9-6-7-14-35(29)31/h3-18,23,25H,19-22,26H2,1-2H3/b36-23+. The Kier molecular flexibility index (Phi) is 10.3. The molecule has 0 fully saturated rings. The smallest absolute Gasteiger partial charge is 0.302 e. The molecule has 0 aliphatic carbocycles. The van der Waals surface area contributed by atoms with E-state index in [1.54, 1.807) is 17.7 Å². The summed E-state index contributed by atoms with van der Waals surface area (Å²) in [4.78, 5) is 38.9. The van der Waals surface area contributed by atoms with E-state index >= 15 is 0 Å². The molecule has 2 amide bonds. The van der Waals surface area contributed by atoms with Gasteiger partial charge in [-0.15, -0.1) is 0 Å². The predicted molar refractivity (Wildman–Crippen MR) is 188 cm³/mol. The van der Waals surface area contributed by atoms with E-state index in [0.29, 0.717) is 23.6 Å². The summed E-state index contributed by atoms with van der Waals surface area (Å²) >= 11 is 0. The lowest BCUT2D eigenvalue weighted by Gasteiger charge is -2.27. The molecule has 0 N–H and O–H groups in total. The topological polar surface area (TPSA) is 124 Å². The molecule has 10 heteroatoms. The summed E-state index contributed by atoms with van der Waals surface area (Å²) in [5, 5.41) is 17.1. The van der Waals surface area contributed by atoms with Crippen LogP contribution in [0.5, 0.6) is 5.75 Å². The highest BCUT2D eigenvalue weighted by Crippen LogP contribution is 2.32. The van der Waals surface area contributed by atoms with Crippen molar-refractivity contribution < 1.29 is 28.6 Å². The number of carbonyl (C=O) groups excluding carboxylic acids is 3. The van der Waals surface area contributed by atoms with Gasteiger partial charge in [0.15, 0.2) is 0 Å². The molecule has 0 radical (unpaired) electrons. The maximum Gasteiger partial charge on any atom is 0.302 e. The van der Waals surface area contributed by atoms with Crippen molar-refractivity contribution in [3.8, 4) is 28.8 Å². The molecular formula is C40H34N4O6. The van der Waals surface area contributed by atoms with Gasteiger partial charge >= 0.3 is 5.97 Å².